The van der Waals surface area contributed by atoms with Crippen molar-refractivity contribution in [3.05, 3.63) is 120 Å². The van der Waals surface area contributed by atoms with Gasteiger partial charge in [0.2, 0.25) is 0 Å². The summed E-state index contributed by atoms with van der Waals surface area (Å²) in [6, 6.07) is 29.5. The van der Waals surface area contributed by atoms with Gasteiger partial charge in [0.05, 0.1) is 11.4 Å². The number of nitrogens with zero attached hydrogens (tertiary/aromatic N) is 3. The molecule has 1 aromatic heterocycles. The fourth-order valence-corrected chi connectivity index (χ4v) is 4.53. The fourth-order valence-electron chi connectivity index (χ4n) is 4.53. The second-order valence-corrected chi connectivity index (χ2v) is 9.20. The molecule has 1 amide bonds. The van der Waals surface area contributed by atoms with Gasteiger partial charge in [0.1, 0.15) is 12.4 Å². The molecule has 0 saturated carbocycles. The van der Waals surface area contributed by atoms with E-state index >= 15 is 0 Å². The number of piperazine rings is 1. The van der Waals surface area contributed by atoms with E-state index in [1.165, 1.54) is 5.56 Å². The molecule has 0 radical (unpaired) electrons. The van der Waals surface area contributed by atoms with Gasteiger partial charge in [0, 0.05) is 50.7 Å². The standard InChI is InChI=1S/C31H32N4O2/c36-31(27-12-10-26(11-13-27)24-37-28-6-2-1-3-7-28)33-29-8-4-5-9-30(29)35-22-20-34(21-23-35)19-16-25-14-17-32-18-15-25/h1-15,17-18H,16,19-24H2,(H,33,36). The van der Waals surface area contributed by atoms with Crippen molar-refractivity contribution in [2.75, 3.05) is 42.9 Å². The predicted octanol–water partition coefficient (Wildman–Crippen LogP) is 5.28. The van der Waals surface area contributed by atoms with E-state index in [1.807, 2.05) is 85.2 Å². The Bertz CT molecular complexity index is 1270. The molecular formula is C31H32N4O2. The Labute approximate surface area is 218 Å². The largest absolute Gasteiger partial charge is 0.489 e. The van der Waals surface area contributed by atoms with Crippen LogP contribution < -0.4 is 15.0 Å². The summed E-state index contributed by atoms with van der Waals surface area (Å²) in [6.07, 6.45) is 4.74. The fraction of sp³-hybridized carbons (Fsp3) is 0.226. The first-order valence-corrected chi connectivity index (χ1v) is 12.8. The monoisotopic (exact) mass is 492 g/mol. The third-order valence-corrected chi connectivity index (χ3v) is 6.70. The van der Waals surface area contributed by atoms with Crippen molar-refractivity contribution in [3.63, 3.8) is 0 Å². The first-order valence-electron chi connectivity index (χ1n) is 12.8. The van der Waals surface area contributed by atoms with E-state index in [1.54, 1.807) is 0 Å². The Hall–Kier alpha value is -4.16. The highest BCUT2D eigenvalue weighted by molar-refractivity contribution is 6.06. The number of carbonyl (C=O) groups is 1. The smallest absolute Gasteiger partial charge is 0.255 e. The molecule has 6 heteroatoms. The number of carbonyl (C=O) groups excluding carboxylic acids is 1. The maximum atomic E-state index is 13.0. The molecule has 1 saturated heterocycles. The minimum atomic E-state index is -0.112. The molecule has 0 aliphatic carbocycles. The van der Waals surface area contributed by atoms with Crippen molar-refractivity contribution in [3.8, 4) is 5.75 Å². The zero-order valence-corrected chi connectivity index (χ0v) is 20.9. The zero-order valence-electron chi connectivity index (χ0n) is 20.9. The molecule has 3 aromatic carbocycles. The quantitative estimate of drug-likeness (QED) is 0.345. The van der Waals surface area contributed by atoms with Crippen molar-refractivity contribution < 1.29 is 9.53 Å². The van der Waals surface area contributed by atoms with Gasteiger partial charge in [0.15, 0.2) is 0 Å². The van der Waals surface area contributed by atoms with Crippen molar-refractivity contribution >= 4 is 17.3 Å². The number of para-hydroxylation sites is 3. The van der Waals surface area contributed by atoms with Crippen LogP contribution in [0.25, 0.3) is 0 Å². The third kappa shape index (κ3) is 6.74. The third-order valence-electron chi connectivity index (χ3n) is 6.70. The molecule has 0 atom stereocenters. The topological polar surface area (TPSA) is 57.7 Å². The van der Waals surface area contributed by atoms with E-state index in [0.717, 1.165) is 61.8 Å². The summed E-state index contributed by atoms with van der Waals surface area (Å²) in [5, 5.41) is 3.13. The minimum Gasteiger partial charge on any atom is -0.489 e. The number of aromatic nitrogens is 1. The summed E-state index contributed by atoms with van der Waals surface area (Å²) in [7, 11) is 0. The highest BCUT2D eigenvalue weighted by Gasteiger charge is 2.20. The summed E-state index contributed by atoms with van der Waals surface area (Å²) in [5.41, 5.74) is 4.87. The number of ether oxygens (including phenoxy) is 1. The van der Waals surface area contributed by atoms with Crippen molar-refractivity contribution in [2.45, 2.75) is 13.0 Å². The molecule has 1 N–H and O–H groups in total. The molecule has 0 bridgehead atoms. The van der Waals surface area contributed by atoms with E-state index in [0.29, 0.717) is 12.2 Å². The second-order valence-electron chi connectivity index (χ2n) is 9.20. The number of rotatable bonds is 9. The number of benzene rings is 3. The molecule has 37 heavy (non-hydrogen) atoms. The van der Waals surface area contributed by atoms with Crippen LogP contribution in [0.4, 0.5) is 11.4 Å². The summed E-state index contributed by atoms with van der Waals surface area (Å²) < 4.78 is 5.80. The highest BCUT2D eigenvalue weighted by atomic mass is 16.5. The van der Waals surface area contributed by atoms with Gasteiger partial charge in [-0.1, -0.05) is 42.5 Å². The molecule has 1 aliphatic rings. The van der Waals surface area contributed by atoms with Crippen LogP contribution in [-0.4, -0.2) is 48.5 Å². The van der Waals surface area contributed by atoms with Crippen LogP contribution >= 0.6 is 0 Å². The number of hydrogen-bond donors (Lipinski definition) is 1. The molecule has 4 aromatic rings. The molecule has 1 fully saturated rings. The van der Waals surface area contributed by atoms with Crippen LogP contribution in [0.2, 0.25) is 0 Å². The number of nitrogens with one attached hydrogen (secondary N) is 1. The van der Waals surface area contributed by atoms with E-state index in [4.69, 9.17) is 4.74 Å². The van der Waals surface area contributed by atoms with E-state index < -0.39 is 0 Å². The summed E-state index contributed by atoms with van der Waals surface area (Å²) in [4.78, 5) is 22.0. The average molecular weight is 493 g/mol. The SMILES string of the molecule is O=C(Nc1ccccc1N1CCN(CCc2ccncc2)CC1)c1ccc(COc2ccccc2)cc1. The van der Waals surface area contributed by atoms with Crippen LogP contribution in [0, 0.1) is 0 Å². The lowest BCUT2D eigenvalue weighted by Gasteiger charge is -2.37. The van der Waals surface area contributed by atoms with Gasteiger partial charge in [-0.2, -0.15) is 0 Å². The normalized spacial score (nSPS) is 13.8. The maximum Gasteiger partial charge on any atom is 0.255 e. The molecule has 6 nitrogen and oxygen atoms in total. The molecule has 188 valence electrons. The molecule has 1 aliphatic heterocycles. The summed E-state index contributed by atoms with van der Waals surface area (Å²) >= 11 is 0. The number of pyridine rings is 1. The number of hydrogen-bond acceptors (Lipinski definition) is 5. The number of anilines is 2. The van der Waals surface area contributed by atoms with E-state index in [2.05, 4.69) is 38.3 Å². The zero-order chi connectivity index (χ0) is 25.3. The molecule has 0 unspecified atom stereocenters. The van der Waals surface area contributed by atoms with Crippen LogP contribution in [0.1, 0.15) is 21.5 Å². The Morgan fingerprint density at radius 1 is 0.784 bits per heavy atom. The number of amides is 1. The van der Waals surface area contributed by atoms with Crippen LogP contribution in [0.3, 0.4) is 0 Å². The summed E-state index contributed by atoms with van der Waals surface area (Å²) in [6.45, 7) is 5.37. The van der Waals surface area contributed by atoms with E-state index in [9.17, 15) is 4.79 Å². The van der Waals surface area contributed by atoms with Crippen LogP contribution in [0.5, 0.6) is 5.75 Å². The van der Waals surface area contributed by atoms with Gasteiger partial charge in [-0.25, -0.2) is 0 Å². The van der Waals surface area contributed by atoms with Crippen molar-refractivity contribution in [1.29, 1.82) is 0 Å². The Morgan fingerprint density at radius 3 is 2.24 bits per heavy atom. The van der Waals surface area contributed by atoms with Gasteiger partial charge >= 0.3 is 0 Å². The lowest BCUT2D eigenvalue weighted by atomic mass is 10.1. The first-order chi connectivity index (χ1) is 18.2. The van der Waals surface area contributed by atoms with Gasteiger partial charge in [-0.15, -0.1) is 0 Å². The van der Waals surface area contributed by atoms with E-state index in [-0.39, 0.29) is 5.91 Å². The predicted molar refractivity (Wildman–Crippen MR) is 148 cm³/mol. The Kier molecular flexibility index (Phi) is 8.08. The summed E-state index contributed by atoms with van der Waals surface area (Å²) in [5.74, 6) is 0.717. The second kappa shape index (κ2) is 12.2. The van der Waals surface area contributed by atoms with Gasteiger partial charge in [0.25, 0.3) is 5.91 Å². The molecular weight excluding hydrogens is 460 g/mol. The lowest BCUT2D eigenvalue weighted by molar-refractivity contribution is 0.102. The first kappa shape index (κ1) is 24.5. The van der Waals surface area contributed by atoms with Gasteiger partial charge < -0.3 is 15.0 Å². The highest BCUT2D eigenvalue weighted by Crippen LogP contribution is 2.27. The Morgan fingerprint density at radius 2 is 1.49 bits per heavy atom. The maximum absolute atomic E-state index is 13.0. The molecule has 2 heterocycles. The van der Waals surface area contributed by atoms with Crippen LogP contribution in [0.15, 0.2) is 103 Å². The molecule has 0 spiro atoms. The van der Waals surface area contributed by atoms with Crippen molar-refractivity contribution in [2.24, 2.45) is 0 Å². The minimum absolute atomic E-state index is 0.112. The van der Waals surface area contributed by atoms with Crippen LogP contribution in [-0.2, 0) is 13.0 Å². The van der Waals surface area contributed by atoms with Gasteiger partial charge in [-0.05, 0) is 66.1 Å². The van der Waals surface area contributed by atoms with Gasteiger partial charge in [-0.3, -0.25) is 14.7 Å². The lowest BCUT2D eigenvalue weighted by Crippen LogP contribution is -2.47. The molecule has 5 rings (SSSR count). The average Bonchev–Trinajstić information content (AvgIpc) is 2.97. The Balaban J connectivity index is 1.15. The van der Waals surface area contributed by atoms with Crippen molar-refractivity contribution in [1.82, 2.24) is 9.88 Å².